The number of nitrogens with zero attached hydrogens (tertiary/aromatic N) is 2. The lowest BCUT2D eigenvalue weighted by atomic mass is 9.97. The molecular formula is C18H24N2O4. The van der Waals surface area contributed by atoms with Gasteiger partial charge in [-0.15, -0.1) is 0 Å². The maximum Gasteiger partial charge on any atom is 0.309 e. The first-order chi connectivity index (χ1) is 11.5. The van der Waals surface area contributed by atoms with Crippen molar-refractivity contribution < 1.29 is 18.7 Å². The summed E-state index contributed by atoms with van der Waals surface area (Å²) in [4.78, 5) is 26.5. The molecule has 0 atom stereocenters. The number of esters is 1. The average Bonchev–Trinajstić information content (AvgIpc) is 3.10. The van der Waals surface area contributed by atoms with Crippen LogP contribution in [-0.4, -0.2) is 41.0 Å². The van der Waals surface area contributed by atoms with Crippen LogP contribution in [0.1, 0.15) is 42.9 Å². The summed E-state index contributed by atoms with van der Waals surface area (Å²) in [5.41, 5.74) is 2.36. The fourth-order valence-electron chi connectivity index (χ4n) is 3.42. The lowest BCUT2D eigenvalue weighted by Gasteiger charge is -2.31. The molecule has 1 amide bonds. The van der Waals surface area contributed by atoms with Crippen molar-refractivity contribution in [3.05, 3.63) is 23.6 Å². The molecule has 3 rings (SSSR count). The van der Waals surface area contributed by atoms with Gasteiger partial charge in [-0.3, -0.25) is 9.59 Å². The quantitative estimate of drug-likeness (QED) is 0.808. The number of hydrogen-bond donors (Lipinski definition) is 0. The van der Waals surface area contributed by atoms with Crippen molar-refractivity contribution in [2.75, 3.05) is 19.7 Å². The van der Waals surface area contributed by atoms with Gasteiger partial charge in [0.2, 0.25) is 0 Å². The van der Waals surface area contributed by atoms with Gasteiger partial charge in [-0.1, -0.05) is 0 Å². The summed E-state index contributed by atoms with van der Waals surface area (Å²) in [6.07, 6.45) is 1.32. The first-order valence-corrected chi connectivity index (χ1v) is 8.60. The minimum Gasteiger partial charge on any atom is -0.466 e. The predicted molar refractivity (Wildman–Crippen MR) is 89.9 cm³/mol. The molecule has 0 spiro atoms. The molecule has 0 unspecified atom stereocenters. The Labute approximate surface area is 141 Å². The molecule has 1 aliphatic heterocycles. The van der Waals surface area contributed by atoms with Crippen molar-refractivity contribution in [3.8, 4) is 0 Å². The van der Waals surface area contributed by atoms with Crippen LogP contribution >= 0.6 is 0 Å². The molecule has 0 bridgehead atoms. The van der Waals surface area contributed by atoms with Crippen molar-refractivity contribution in [3.63, 3.8) is 0 Å². The van der Waals surface area contributed by atoms with E-state index in [1.807, 2.05) is 42.4 Å². The smallest absolute Gasteiger partial charge is 0.309 e. The molecule has 2 aromatic rings. The molecule has 0 aliphatic carbocycles. The third-order valence-electron chi connectivity index (χ3n) is 4.65. The zero-order chi connectivity index (χ0) is 17.3. The van der Waals surface area contributed by atoms with E-state index in [1.165, 1.54) is 0 Å². The first-order valence-electron chi connectivity index (χ1n) is 8.60. The molecule has 1 fully saturated rings. The van der Waals surface area contributed by atoms with E-state index < -0.39 is 0 Å². The lowest BCUT2D eigenvalue weighted by Crippen LogP contribution is -2.41. The zero-order valence-corrected chi connectivity index (χ0v) is 14.5. The Balaban J connectivity index is 1.74. The summed E-state index contributed by atoms with van der Waals surface area (Å²) in [7, 11) is 0. The highest BCUT2D eigenvalue weighted by Gasteiger charge is 2.30. The molecule has 1 aliphatic rings. The zero-order valence-electron chi connectivity index (χ0n) is 14.5. The molecule has 130 valence electrons. The SMILES string of the molecule is CCOC(=O)C1CCN(C(=O)c2cc3oc(C)cc3n2CC)CC1. The van der Waals surface area contributed by atoms with Gasteiger partial charge in [-0.2, -0.15) is 0 Å². The van der Waals surface area contributed by atoms with E-state index in [0.717, 1.165) is 16.9 Å². The first kappa shape index (κ1) is 16.6. The molecule has 24 heavy (non-hydrogen) atoms. The Morgan fingerprint density at radius 1 is 1.25 bits per heavy atom. The second kappa shape index (κ2) is 6.71. The molecule has 6 heteroatoms. The fourth-order valence-corrected chi connectivity index (χ4v) is 3.42. The highest BCUT2D eigenvalue weighted by molar-refractivity contribution is 5.97. The van der Waals surface area contributed by atoms with Gasteiger partial charge in [-0.25, -0.2) is 0 Å². The van der Waals surface area contributed by atoms with Crippen LogP contribution in [0, 0.1) is 12.8 Å². The number of furan rings is 1. The fraction of sp³-hybridized carbons (Fsp3) is 0.556. The minimum atomic E-state index is -0.144. The summed E-state index contributed by atoms with van der Waals surface area (Å²) in [5, 5.41) is 0. The lowest BCUT2D eigenvalue weighted by molar-refractivity contribution is -0.149. The van der Waals surface area contributed by atoms with Gasteiger partial charge in [0, 0.05) is 31.8 Å². The number of amides is 1. The molecule has 3 heterocycles. The number of aromatic nitrogens is 1. The van der Waals surface area contributed by atoms with Gasteiger partial charge in [0.25, 0.3) is 5.91 Å². The van der Waals surface area contributed by atoms with Gasteiger partial charge in [0.05, 0.1) is 18.0 Å². The normalized spacial score (nSPS) is 15.9. The largest absolute Gasteiger partial charge is 0.466 e. The average molecular weight is 332 g/mol. The number of likely N-dealkylation sites (tertiary alicyclic amines) is 1. The summed E-state index contributed by atoms with van der Waals surface area (Å²) in [5.74, 6) is 0.611. The maximum atomic E-state index is 12.9. The Kier molecular flexibility index (Phi) is 4.64. The van der Waals surface area contributed by atoms with Crippen molar-refractivity contribution in [2.45, 2.75) is 40.2 Å². The van der Waals surface area contributed by atoms with Crippen molar-refractivity contribution >= 4 is 23.0 Å². The van der Waals surface area contributed by atoms with Crippen LogP contribution in [0.2, 0.25) is 0 Å². The summed E-state index contributed by atoms with van der Waals surface area (Å²) in [6.45, 7) is 8.01. The number of ether oxygens (including phenoxy) is 1. The molecule has 0 saturated carbocycles. The molecule has 0 N–H and O–H groups in total. The molecule has 1 saturated heterocycles. The van der Waals surface area contributed by atoms with E-state index in [9.17, 15) is 9.59 Å². The van der Waals surface area contributed by atoms with Crippen molar-refractivity contribution in [2.24, 2.45) is 5.92 Å². The van der Waals surface area contributed by atoms with Crippen LogP contribution in [0.3, 0.4) is 0 Å². The van der Waals surface area contributed by atoms with Gasteiger partial charge in [-0.05, 0) is 33.6 Å². The summed E-state index contributed by atoms with van der Waals surface area (Å²) in [6, 6.07) is 3.79. The second-order valence-corrected chi connectivity index (χ2v) is 6.20. The Morgan fingerprint density at radius 3 is 2.58 bits per heavy atom. The van der Waals surface area contributed by atoms with Crippen LogP contribution in [0.4, 0.5) is 0 Å². The predicted octanol–water partition coefficient (Wildman–Crippen LogP) is 2.98. The minimum absolute atomic E-state index is 0.00297. The maximum absolute atomic E-state index is 12.9. The topological polar surface area (TPSA) is 64.7 Å². The molecule has 2 aromatic heterocycles. The van der Waals surface area contributed by atoms with Crippen molar-refractivity contribution in [1.82, 2.24) is 9.47 Å². The molecule has 6 nitrogen and oxygen atoms in total. The van der Waals surface area contributed by atoms with Crippen LogP contribution in [-0.2, 0) is 16.1 Å². The third-order valence-corrected chi connectivity index (χ3v) is 4.65. The molecule has 0 radical (unpaired) electrons. The number of rotatable bonds is 4. The van der Waals surface area contributed by atoms with Gasteiger partial charge in [0.1, 0.15) is 11.5 Å². The van der Waals surface area contributed by atoms with Crippen LogP contribution in [0.5, 0.6) is 0 Å². The monoisotopic (exact) mass is 332 g/mol. The van der Waals surface area contributed by atoms with Gasteiger partial charge >= 0.3 is 5.97 Å². The number of aryl methyl sites for hydroxylation is 2. The number of piperidine rings is 1. The highest BCUT2D eigenvalue weighted by atomic mass is 16.5. The van der Waals surface area contributed by atoms with E-state index in [2.05, 4.69) is 0 Å². The second-order valence-electron chi connectivity index (χ2n) is 6.20. The highest BCUT2D eigenvalue weighted by Crippen LogP contribution is 2.26. The van der Waals surface area contributed by atoms with Crippen LogP contribution in [0.25, 0.3) is 11.1 Å². The van der Waals surface area contributed by atoms with Crippen LogP contribution < -0.4 is 0 Å². The van der Waals surface area contributed by atoms with E-state index in [4.69, 9.17) is 9.15 Å². The Morgan fingerprint density at radius 2 is 1.96 bits per heavy atom. The third kappa shape index (κ3) is 2.92. The summed E-state index contributed by atoms with van der Waals surface area (Å²) < 4.78 is 12.7. The Hall–Kier alpha value is -2.24. The number of fused-ring (bicyclic) bond motifs is 1. The Bertz CT molecular complexity index is 750. The van der Waals surface area contributed by atoms with E-state index in [-0.39, 0.29) is 17.8 Å². The summed E-state index contributed by atoms with van der Waals surface area (Å²) >= 11 is 0. The molecular weight excluding hydrogens is 308 g/mol. The van der Waals surface area contributed by atoms with Gasteiger partial charge in [0.15, 0.2) is 5.58 Å². The number of hydrogen-bond acceptors (Lipinski definition) is 4. The standard InChI is InChI=1S/C18H24N2O4/c1-4-20-14-10-12(3)24-16(14)11-15(20)17(21)19-8-6-13(7-9-19)18(22)23-5-2/h10-11,13H,4-9H2,1-3H3. The van der Waals surface area contributed by atoms with Crippen molar-refractivity contribution in [1.29, 1.82) is 0 Å². The van der Waals surface area contributed by atoms with E-state index in [0.29, 0.717) is 44.8 Å². The number of carbonyl (C=O) groups is 2. The molecule has 0 aromatic carbocycles. The van der Waals surface area contributed by atoms with Crippen LogP contribution in [0.15, 0.2) is 16.5 Å². The number of carbonyl (C=O) groups excluding carboxylic acids is 2. The van der Waals surface area contributed by atoms with E-state index in [1.54, 1.807) is 0 Å². The van der Waals surface area contributed by atoms with Gasteiger partial charge < -0.3 is 18.6 Å². The van der Waals surface area contributed by atoms with E-state index >= 15 is 0 Å².